The van der Waals surface area contributed by atoms with Crippen LogP contribution < -0.4 is 5.73 Å². The zero-order chi connectivity index (χ0) is 11.0. The van der Waals surface area contributed by atoms with Crippen LogP contribution in [0.4, 0.5) is 14.7 Å². The van der Waals surface area contributed by atoms with Gasteiger partial charge in [-0.05, 0) is 25.1 Å². The molecular formula is C10H8F2N2O. The molecule has 0 aliphatic carbocycles. The molecule has 78 valence electrons. The Morgan fingerprint density at radius 2 is 2.00 bits per heavy atom. The van der Waals surface area contributed by atoms with E-state index in [-0.39, 0.29) is 5.88 Å². The molecule has 1 heterocycles. The number of halogens is 2. The van der Waals surface area contributed by atoms with E-state index >= 15 is 0 Å². The van der Waals surface area contributed by atoms with Gasteiger partial charge >= 0.3 is 0 Å². The lowest BCUT2D eigenvalue weighted by Crippen LogP contribution is -1.88. The summed E-state index contributed by atoms with van der Waals surface area (Å²) in [6, 6.07) is 3.51. The van der Waals surface area contributed by atoms with E-state index in [1.165, 1.54) is 6.07 Å². The van der Waals surface area contributed by atoms with Crippen molar-refractivity contribution in [3.63, 3.8) is 0 Å². The smallest absolute Gasteiger partial charge is 0.225 e. The van der Waals surface area contributed by atoms with E-state index in [0.717, 1.165) is 12.1 Å². The third-order valence-electron chi connectivity index (χ3n) is 2.15. The molecule has 0 spiro atoms. The van der Waals surface area contributed by atoms with Gasteiger partial charge in [0.25, 0.3) is 0 Å². The number of rotatable bonds is 1. The molecule has 5 heteroatoms. The van der Waals surface area contributed by atoms with Crippen LogP contribution in [-0.4, -0.2) is 5.16 Å². The van der Waals surface area contributed by atoms with Crippen LogP contribution in [0.3, 0.4) is 0 Å². The first-order valence-electron chi connectivity index (χ1n) is 4.26. The summed E-state index contributed by atoms with van der Waals surface area (Å²) in [4.78, 5) is 0. The van der Waals surface area contributed by atoms with Gasteiger partial charge in [-0.1, -0.05) is 5.16 Å². The van der Waals surface area contributed by atoms with Crippen molar-refractivity contribution in [2.24, 2.45) is 0 Å². The molecule has 0 unspecified atom stereocenters. The summed E-state index contributed by atoms with van der Waals surface area (Å²) < 4.78 is 30.3. The maximum absolute atomic E-state index is 12.9. The van der Waals surface area contributed by atoms with Crippen LogP contribution in [0.2, 0.25) is 0 Å². The van der Waals surface area contributed by atoms with E-state index in [1.54, 1.807) is 6.92 Å². The van der Waals surface area contributed by atoms with Crippen LogP contribution in [0, 0.1) is 18.6 Å². The van der Waals surface area contributed by atoms with Crippen molar-refractivity contribution in [3.8, 4) is 11.3 Å². The Balaban J connectivity index is 2.55. The van der Waals surface area contributed by atoms with E-state index in [0.29, 0.717) is 16.8 Å². The summed E-state index contributed by atoms with van der Waals surface area (Å²) in [5, 5.41) is 3.67. The number of nitrogens with two attached hydrogens (primary N) is 1. The van der Waals surface area contributed by atoms with Crippen molar-refractivity contribution in [3.05, 3.63) is 35.4 Å². The maximum Gasteiger partial charge on any atom is 0.225 e. The number of anilines is 1. The van der Waals surface area contributed by atoms with E-state index in [2.05, 4.69) is 5.16 Å². The average Bonchev–Trinajstić information content (AvgIpc) is 2.53. The quantitative estimate of drug-likeness (QED) is 0.786. The minimum absolute atomic E-state index is 0.176. The summed E-state index contributed by atoms with van der Waals surface area (Å²) in [5.41, 5.74) is 6.92. The van der Waals surface area contributed by atoms with Gasteiger partial charge in [0.1, 0.15) is 5.69 Å². The summed E-state index contributed by atoms with van der Waals surface area (Å²) >= 11 is 0. The van der Waals surface area contributed by atoms with Crippen molar-refractivity contribution < 1.29 is 13.3 Å². The minimum Gasteiger partial charge on any atom is -0.367 e. The highest BCUT2D eigenvalue weighted by molar-refractivity contribution is 5.66. The normalized spacial score (nSPS) is 10.6. The van der Waals surface area contributed by atoms with Gasteiger partial charge in [0, 0.05) is 11.1 Å². The van der Waals surface area contributed by atoms with Crippen molar-refractivity contribution in [2.45, 2.75) is 6.92 Å². The molecule has 0 aliphatic rings. The zero-order valence-corrected chi connectivity index (χ0v) is 7.92. The fourth-order valence-corrected chi connectivity index (χ4v) is 1.26. The summed E-state index contributed by atoms with van der Waals surface area (Å²) in [7, 11) is 0. The molecule has 2 aromatic rings. The SMILES string of the molecule is Cc1c(-c2ccc(F)c(F)c2)noc1N. The van der Waals surface area contributed by atoms with Gasteiger partial charge in [0.15, 0.2) is 11.6 Å². The minimum atomic E-state index is -0.923. The molecule has 0 atom stereocenters. The average molecular weight is 210 g/mol. The predicted molar refractivity (Wildman–Crippen MR) is 51.0 cm³/mol. The molecule has 0 saturated heterocycles. The maximum atomic E-state index is 12.9. The molecule has 2 rings (SSSR count). The second-order valence-electron chi connectivity index (χ2n) is 3.15. The first kappa shape index (κ1) is 9.64. The third kappa shape index (κ3) is 1.56. The van der Waals surface area contributed by atoms with Gasteiger partial charge in [-0.15, -0.1) is 0 Å². The predicted octanol–water partition coefficient (Wildman–Crippen LogP) is 2.51. The Morgan fingerprint density at radius 1 is 1.27 bits per heavy atom. The lowest BCUT2D eigenvalue weighted by atomic mass is 10.1. The second kappa shape index (κ2) is 3.34. The molecule has 2 N–H and O–H groups in total. The van der Waals surface area contributed by atoms with Gasteiger partial charge in [-0.2, -0.15) is 0 Å². The summed E-state index contributed by atoms with van der Waals surface area (Å²) in [6.45, 7) is 1.70. The van der Waals surface area contributed by atoms with Crippen LogP contribution in [0.25, 0.3) is 11.3 Å². The van der Waals surface area contributed by atoms with Gasteiger partial charge in [-0.25, -0.2) is 8.78 Å². The number of nitrogens with zero attached hydrogens (tertiary/aromatic N) is 1. The molecule has 0 fully saturated rings. The lowest BCUT2D eigenvalue weighted by molar-refractivity contribution is 0.438. The van der Waals surface area contributed by atoms with Crippen molar-refractivity contribution in [1.82, 2.24) is 5.16 Å². The van der Waals surface area contributed by atoms with Gasteiger partial charge in [0.2, 0.25) is 5.88 Å². The monoisotopic (exact) mass is 210 g/mol. The van der Waals surface area contributed by atoms with E-state index in [4.69, 9.17) is 10.3 Å². The molecule has 15 heavy (non-hydrogen) atoms. The molecule has 0 radical (unpaired) electrons. The standard InChI is InChI=1S/C10H8F2N2O/c1-5-9(14-15-10(5)13)6-2-3-7(11)8(12)4-6/h2-4H,13H2,1H3. The zero-order valence-electron chi connectivity index (χ0n) is 7.92. The molecule has 0 saturated carbocycles. The van der Waals surface area contributed by atoms with Crippen LogP contribution in [0.15, 0.2) is 22.7 Å². The summed E-state index contributed by atoms with van der Waals surface area (Å²) in [6.07, 6.45) is 0. The van der Waals surface area contributed by atoms with E-state index in [1.807, 2.05) is 0 Å². The molecule has 3 nitrogen and oxygen atoms in total. The van der Waals surface area contributed by atoms with Gasteiger partial charge in [-0.3, -0.25) is 0 Å². The molecule has 0 aliphatic heterocycles. The van der Waals surface area contributed by atoms with Crippen molar-refractivity contribution in [1.29, 1.82) is 0 Å². The highest BCUT2D eigenvalue weighted by Gasteiger charge is 2.12. The number of hydrogen-bond acceptors (Lipinski definition) is 3. The van der Waals surface area contributed by atoms with Crippen molar-refractivity contribution in [2.75, 3.05) is 5.73 Å². The van der Waals surface area contributed by atoms with E-state index in [9.17, 15) is 8.78 Å². The van der Waals surface area contributed by atoms with Crippen LogP contribution in [-0.2, 0) is 0 Å². The first-order valence-corrected chi connectivity index (χ1v) is 4.26. The Hall–Kier alpha value is -1.91. The number of aromatic nitrogens is 1. The summed E-state index contributed by atoms with van der Waals surface area (Å²) in [5.74, 6) is -1.64. The molecule has 0 amide bonds. The topological polar surface area (TPSA) is 52.0 Å². The Labute approximate surface area is 84.5 Å². The lowest BCUT2D eigenvalue weighted by Gasteiger charge is -1.98. The third-order valence-corrected chi connectivity index (χ3v) is 2.15. The van der Waals surface area contributed by atoms with Crippen molar-refractivity contribution >= 4 is 5.88 Å². The van der Waals surface area contributed by atoms with Crippen LogP contribution >= 0.6 is 0 Å². The number of hydrogen-bond donors (Lipinski definition) is 1. The van der Waals surface area contributed by atoms with Crippen LogP contribution in [0.5, 0.6) is 0 Å². The number of nitrogen functional groups attached to an aromatic ring is 1. The molecular weight excluding hydrogens is 202 g/mol. The Morgan fingerprint density at radius 3 is 2.53 bits per heavy atom. The van der Waals surface area contributed by atoms with E-state index < -0.39 is 11.6 Å². The molecule has 1 aromatic heterocycles. The largest absolute Gasteiger partial charge is 0.367 e. The Kier molecular flexibility index (Phi) is 2.15. The molecule has 0 bridgehead atoms. The fraction of sp³-hybridized carbons (Fsp3) is 0.100. The first-order chi connectivity index (χ1) is 7.09. The number of benzene rings is 1. The highest BCUT2D eigenvalue weighted by Crippen LogP contribution is 2.26. The Bertz CT molecular complexity index is 508. The van der Waals surface area contributed by atoms with Crippen LogP contribution in [0.1, 0.15) is 5.56 Å². The second-order valence-corrected chi connectivity index (χ2v) is 3.15. The fourth-order valence-electron chi connectivity index (χ4n) is 1.26. The highest BCUT2D eigenvalue weighted by atomic mass is 19.2. The van der Waals surface area contributed by atoms with Gasteiger partial charge in [0.05, 0.1) is 0 Å². The van der Waals surface area contributed by atoms with Gasteiger partial charge < -0.3 is 10.3 Å². The molecule has 1 aromatic carbocycles.